The van der Waals surface area contributed by atoms with Gasteiger partial charge in [-0.1, -0.05) is 30.7 Å². The molecule has 1 heterocycles. The van der Waals surface area contributed by atoms with Crippen LogP contribution in [0.3, 0.4) is 0 Å². The van der Waals surface area contributed by atoms with Gasteiger partial charge in [0.05, 0.1) is 16.0 Å². The highest BCUT2D eigenvalue weighted by Gasteiger charge is 2.44. The Morgan fingerprint density at radius 3 is 2.46 bits per heavy atom. The highest BCUT2D eigenvalue weighted by molar-refractivity contribution is 7.85. The molecule has 2 aromatic carbocycles. The lowest BCUT2D eigenvalue weighted by Gasteiger charge is -2.16. The van der Waals surface area contributed by atoms with E-state index >= 15 is 0 Å². The van der Waals surface area contributed by atoms with Crippen LogP contribution in [0.4, 0.5) is 11.4 Å². The van der Waals surface area contributed by atoms with Crippen molar-refractivity contribution >= 4 is 39.4 Å². The van der Waals surface area contributed by atoms with Gasteiger partial charge in [-0.15, -0.1) is 0 Å². The molecule has 186 valence electrons. The predicted octanol–water partition coefficient (Wildman–Crippen LogP) is 5.69. The fourth-order valence-corrected chi connectivity index (χ4v) is 4.88. The Kier molecular flexibility index (Phi) is 8.75. The number of fused-ring (bicyclic) bond motifs is 1. The number of carbonyl (C=O) groups is 1. The summed E-state index contributed by atoms with van der Waals surface area (Å²) in [6.45, 7) is 4.82. The molecule has 0 amide bonds. The summed E-state index contributed by atoms with van der Waals surface area (Å²) >= 11 is 0. The highest BCUT2D eigenvalue weighted by Crippen LogP contribution is 2.41. The van der Waals surface area contributed by atoms with Gasteiger partial charge in [0.1, 0.15) is 6.54 Å². The Morgan fingerprint density at radius 1 is 1.06 bits per heavy atom. The van der Waals surface area contributed by atoms with Crippen molar-refractivity contribution in [3.8, 4) is 0 Å². The summed E-state index contributed by atoms with van der Waals surface area (Å²) in [5, 5.41) is 8.82. The van der Waals surface area contributed by atoms with Crippen molar-refractivity contribution in [1.29, 1.82) is 0 Å². The van der Waals surface area contributed by atoms with Gasteiger partial charge in [-0.2, -0.15) is 13.0 Å². The first-order valence-electron chi connectivity index (χ1n) is 11.8. The number of carboxylic acids is 1. The van der Waals surface area contributed by atoms with Gasteiger partial charge >= 0.3 is 5.97 Å². The van der Waals surface area contributed by atoms with Crippen molar-refractivity contribution in [3.63, 3.8) is 0 Å². The molecule has 1 aliphatic rings. The van der Waals surface area contributed by atoms with E-state index in [1.807, 2.05) is 56.5 Å². The van der Waals surface area contributed by atoms with Crippen LogP contribution in [0, 0.1) is 0 Å². The Balaban J connectivity index is 1.82. The van der Waals surface area contributed by atoms with Crippen LogP contribution >= 0.6 is 0 Å². The van der Waals surface area contributed by atoms with E-state index in [0.29, 0.717) is 12.8 Å². The quantitative estimate of drug-likeness (QED) is 0.169. The van der Waals surface area contributed by atoms with Gasteiger partial charge < -0.3 is 5.11 Å². The number of carboxylic acid groups (broad SMARTS) is 1. The van der Waals surface area contributed by atoms with Gasteiger partial charge in [-0.3, -0.25) is 14.3 Å². The van der Waals surface area contributed by atoms with E-state index in [1.54, 1.807) is 12.1 Å². The summed E-state index contributed by atoms with van der Waals surface area (Å²) in [7, 11) is -4.31. The molecule has 0 fully saturated rings. The lowest BCUT2D eigenvalue weighted by Crippen LogP contribution is -2.28. The van der Waals surface area contributed by atoms with Crippen LogP contribution in [0.1, 0.15) is 57.9 Å². The summed E-state index contributed by atoms with van der Waals surface area (Å²) in [6, 6.07) is 14.5. The van der Waals surface area contributed by atoms with Crippen LogP contribution < -0.4 is 0 Å². The van der Waals surface area contributed by atoms with Crippen molar-refractivity contribution in [2.24, 2.45) is 4.99 Å². The Labute approximate surface area is 207 Å². The van der Waals surface area contributed by atoms with Crippen LogP contribution in [-0.4, -0.2) is 47.1 Å². The van der Waals surface area contributed by atoms with E-state index in [2.05, 4.69) is 15.6 Å². The normalized spacial score (nSPS) is 15.3. The van der Waals surface area contributed by atoms with Crippen LogP contribution in [0.15, 0.2) is 70.6 Å². The Hall–Kier alpha value is -3.10. The number of rotatable bonds is 12. The fourth-order valence-electron chi connectivity index (χ4n) is 4.37. The minimum atomic E-state index is -4.31. The topological polar surface area (TPSA) is 107 Å². The average molecular weight is 498 g/mol. The maximum Gasteiger partial charge on any atom is 0.303 e. The predicted molar refractivity (Wildman–Crippen MR) is 138 cm³/mol. The number of aliphatic carboxylic acids is 1. The number of nitrogens with zero attached hydrogens (tertiary/aromatic N) is 2. The summed E-state index contributed by atoms with van der Waals surface area (Å²) in [5.74, 6) is -0.772. The van der Waals surface area contributed by atoms with Crippen molar-refractivity contribution in [1.82, 2.24) is 0 Å². The van der Waals surface area contributed by atoms with E-state index in [0.717, 1.165) is 48.5 Å². The standard InChI is InChI=1S/C27H32N2O5S/c1-27(2)23-20-22(35(32,33)34)16-17-24(23)29(19-11-4-3-8-15-26(30)31)25(27)14-9-10-18-28-21-12-6-5-7-13-21/h5-7,9,12-14,16-18,20H,3-4,8,10-11,15,19H2,1-2H3,(H-,30,31,32,33,34)/p+1. The number of benzene rings is 2. The molecule has 1 aliphatic heterocycles. The molecule has 0 atom stereocenters. The van der Waals surface area contributed by atoms with Crippen molar-refractivity contribution in [3.05, 3.63) is 66.2 Å². The number of unbranched alkanes of at least 4 members (excludes halogenated alkanes) is 3. The zero-order valence-corrected chi connectivity index (χ0v) is 21.0. The molecule has 0 aliphatic carbocycles. The third-order valence-corrected chi connectivity index (χ3v) is 7.05. The first-order chi connectivity index (χ1) is 16.6. The first-order valence-corrected chi connectivity index (χ1v) is 13.3. The summed E-state index contributed by atoms with van der Waals surface area (Å²) in [5.41, 5.74) is 3.23. The molecule has 8 heteroatoms. The maximum absolute atomic E-state index is 11.8. The maximum atomic E-state index is 11.8. The zero-order valence-electron chi connectivity index (χ0n) is 20.2. The molecule has 0 saturated heterocycles. The number of hydrogen-bond acceptors (Lipinski definition) is 4. The lowest BCUT2D eigenvalue weighted by molar-refractivity contribution is -0.438. The molecule has 35 heavy (non-hydrogen) atoms. The molecule has 0 unspecified atom stereocenters. The minimum absolute atomic E-state index is 0.113. The average Bonchev–Trinajstić information content (AvgIpc) is 3.01. The van der Waals surface area contributed by atoms with E-state index in [-0.39, 0.29) is 11.3 Å². The van der Waals surface area contributed by atoms with Crippen molar-refractivity contribution < 1.29 is 27.4 Å². The van der Waals surface area contributed by atoms with Gasteiger partial charge in [0.25, 0.3) is 10.1 Å². The van der Waals surface area contributed by atoms with E-state index in [9.17, 15) is 17.8 Å². The first kappa shape index (κ1) is 26.5. The summed E-state index contributed by atoms with van der Waals surface area (Å²) in [6.07, 6.45) is 10.1. The molecule has 0 saturated carbocycles. The third-order valence-electron chi connectivity index (χ3n) is 6.20. The van der Waals surface area contributed by atoms with Crippen LogP contribution in [0.2, 0.25) is 0 Å². The lowest BCUT2D eigenvalue weighted by atomic mass is 9.81. The number of hydrogen-bond donors (Lipinski definition) is 2. The van der Waals surface area contributed by atoms with Crippen LogP contribution in [0.5, 0.6) is 0 Å². The molecule has 0 spiro atoms. The summed E-state index contributed by atoms with van der Waals surface area (Å²) in [4.78, 5) is 15.1. The second-order valence-corrected chi connectivity index (χ2v) is 10.6. The molecule has 7 nitrogen and oxygen atoms in total. The number of para-hydroxylation sites is 1. The molecular formula is C27H33N2O5S+. The van der Waals surface area contributed by atoms with Crippen LogP contribution in [-0.2, 0) is 20.3 Å². The molecule has 0 bridgehead atoms. The Bertz CT molecular complexity index is 1250. The van der Waals surface area contributed by atoms with Crippen LogP contribution in [0.25, 0.3) is 0 Å². The highest BCUT2D eigenvalue weighted by atomic mass is 32.2. The zero-order chi connectivity index (χ0) is 25.5. The smallest absolute Gasteiger partial charge is 0.303 e. The van der Waals surface area contributed by atoms with E-state index in [4.69, 9.17) is 5.11 Å². The molecule has 2 aromatic rings. The van der Waals surface area contributed by atoms with Gasteiger partial charge in [0.15, 0.2) is 5.71 Å². The monoisotopic (exact) mass is 497 g/mol. The molecule has 3 rings (SSSR count). The van der Waals surface area contributed by atoms with Gasteiger partial charge in [0, 0.05) is 43.2 Å². The number of aliphatic imine (C=N–C) groups is 1. The number of allylic oxidation sites excluding steroid dienone is 2. The second kappa shape index (κ2) is 11.6. The second-order valence-electron chi connectivity index (χ2n) is 9.16. The third kappa shape index (κ3) is 6.96. The minimum Gasteiger partial charge on any atom is -0.481 e. The van der Waals surface area contributed by atoms with Gasteiger partial charge in [0.2, 0.25) is 5.69 Å². The largest absolute Gasteiger partial charge is 0.481 e. The van der Waals surface area contributed by atoms with Crippen molar-refractivity contribution in [2.75, 3.05) is 6.54 Å². The SMILES string of the molecule is CC1(C)C(C=CCC=Nc2ccccc2)=[N+](CCCCCCC(=O)O)c2ccc(S(=O)(=O)O)cc21. The molecular weight excluding hydrogens is 464 g/mol. The van der Waals surface area contributed by atoms with E-state index in [1.165, 1.54) is 6.07 Å². The fraction of sp³-hybridized carbons (Fsp3) is 0.370. The van der Waals surface area contributed by atoms with Gasteiger partial charge in [-0.05, 0) is 51.0 Å². The Morgan fingerprint density at radius 2 is 1.77 bits per heavy atom. The molecule has 2 N–H and O–H groups in total. The van der Waals surface area contributed by atoms with Gasteiger partial charge in [-0.25, -0.2) is 0 Å². The summed E-state index contributed by atoms with van der Waals surface area (Å²) < 4.78 is 35.3. The van der Waals surface area contributed by atoms with E-state index < -0.39 is 21.5 Å². The van der Waals surface area contributed by atoms with Crippen molar-refractivity contribution in [2.45, 2.75) is 62.7 Å². The molecule has 0 radical (unpaired) electrons. The molecule has 0 aromatic heterocycles.